The van der Waals surface area contributed by atoms with Crippen LogP contribution in [0.4, 0.5) is 0 Å². The summed E-state index contributed by atoms with van der Waals surface area (Å²) >= 11 is 0. The van der Waals surface area contributed by atoms with E-state index in [1.54, 1.807) is 12.1 Å². The van der Waals surface area contributed by atoms with Gasteiger partial charge in [0.05, 0.1) is 0 Å². The van der Waals surface area contributed by atoms with Gasteiger partial charge in [0.25, 0.3) is 0 Å². The third kappa shape index (κ3) is 1.35. The lowest BCUT2D eigenvalue weighted by atomic mass is 9.92. The third-order valence-corrected chi connectivity index (χ3v) is 3.49. The van der Waals surface area contributed by atoms with Gasteiger partial charge in [-0.2, -0.15) is 0 Å². The maximum absolute atomic E-state index is 12.0. The molecule has 0 N–H and O–H groups in total. The Labute approximate surface area is 105 Å². The first-order chi connectivity index (χ1) is 8.59. The zero-order valence-corrected chi connectivity index (χ0v) is 10.3. The molecule has 2 aromatic carbocycles. The second-order valence-electron chi connectivity index (χ2n) is 4.68. The Hall–Kier alpha value is -2.22. The fourth-order valence-corrected chi connectivity index (χ4v) is 2.60. The van der Waals surface area contributed by atoms with Crippen LogP contribution in [-0.2, 0) is 4.79 Å². The van der Waals surface area contributed by atoms with Gasteiger partial charge in [-0.15, -0.1) is 0 Å². The van der Waals surface area contributed by atoms with Crippen LogP contribution in [-0.4, -0.2) is 11.6 Å². The van der Waals surface area contributed by atoms with Gasteiger partial charge in [-0.3, -0.25) is 9.59 Å². The van der Waals surface area contributed by atoms with Gasteiger partial charge in [0.15, 0.2) is 0 Å². The lowest BCUT2D eigenvalue weighted by Gasteiger charge is -2.11. The van der Waals surface area contributed by atoms with Crippen molar-refractivity contribution >= 4 is 28.4 Å². The van der Waals surface area contributed by atoms with E-state index in [9.17, 15) is 9.59 Å². The molecule has 2 nitrogen and oxygen atoms in total. The van der Waals surface area contributed by atoms with Crippen LogP contribution in [0.1, 0.15) is 27.0 Å². The van der Waals surface area contributed by atoms with Crippen molar-refractivity contribution in [2.45, 2.75) is 13.8 Å². The topological polar surface area (TPSA) is 34.1 Å². The average Bonchev–Trinajstić information content (AvgIpc) is 2.47. The molecular weight excluding hydrogens is 224 g/mol. The lowest BCUT2D eigenvalue weighted by Crippen LogP contribution is -2.10. The number of hydrogen-bond donors (Lipinski definition) is 0. The molecule has 2 aromatic rings. The Balaban J connectivity index is 2.58. The number of aryl methyl sites for hydroxylation is 2. The molecule has 0 bridgehead atoms. The first-order valence-corrected chi connectivity index (χ1v) is 5.89. The van der Waals surface area contributed by atoms with E-state index in [4.69, 9.17) is 0 Å². The molecule has 0 saturated carbocycles. The zero-order chi connectivity index (χ0) is 12.9. The molecular formula is C16H12O2. The maximum atomic E-state index is 12.0. The van der Waals surface area contributed by atoms with Crippen LogP contribution in [0, 0.1) is 13.8 Å². The molecule has 0 amide bonds. The predicted octanol–water partition coefficient (Wildman–Crippen LogP) is 3.24. The number of carbonyl (C=O) groups is 2. The fraction of sp³-hybridized carbons (Fsp3) is 0.125. The van der Waals surface area contributed by atoms with E-state index >= 15 is 0 Å². The van der Waals surface area contributed by atoms with Gasteiger partial charge in [-0.05, 0) is 48.1 Å². The molecule has 0 atom stereocenters. The highest BCUT2D eigenvalue weighted by molar-refractivity contribution is 6.50. The summed E-state index contributed by atoms with van der Waals surface area (Å²) in [6.07, 6.45) is 3.10. The average molecular weight is 236 g/mol. The van der Waals surface area contributed by atoms with Crippen molar-refractivity contribution in [3.8, 4) is 0 Å². The van der Waals surface area contributed by atoms with Crippen LogP contribution in [0.5, 0.6) is 0 Å². The molecule has 0 unspecified atom stereocenters. The number of benzene rings is 2. The van der Waals surface area contributed by atoms with Crippen molar-refractivity contribution in [3.05, 3.63) is 52.6 Å². The standard InChI is InChI=1S/C16H12O2/c1-9-3-5-11-6-8-13(17)16(18)12-7-4-10(2)14(9)15(11)12/h3-8H,1-2H3. The quantitative estimate of drug-likeness (QED) is 0.658. The molecule has 0 heterocycles. The van der Waals surface area contributed by atoms with Crippen molar-refractivity contribution < 1.29 is 9.59 Å². The SMILES string of the molecule is Cc1ccc2c3c(ccc(C)c13)C(=O)C(=O)C=C2. The summed E-state index contributed by atoms with van der Waals surface area (Å²) in [5.74, 6) is -0.866. The van der Waals surface area contributed by atoms with Crippen LogP contribution >= 0.6 is 0 Å². The number of ketones is 2. The summed E-state index contributed by atoms with van der Waals surface area (Å²) in [4.78, 5) is 23.7. The molecule has 0 fully saturated rings. The molecule has 0 spiro atoms. The molecule has 1 aliphatic rings. The zero-order valence-electron chi connectivity index (χ0n) is 10.3. The van der Waals surface area contributed by atoms with Crippen molar-refractivity contribution in [2.24, 2.45) is 0 Å². The smallest absolute Gasteiger partial charge is 0.233 e. The highest BCUT2D eigenvalue weighted by Crippen LogP contribution is 2.31. The van der Waals surface area contributed by atoms with E-state index in [2.05, 4.69) is 0 Å². The molecule has 1 aliphatic carbocycles. The van der Waals surface area contributed by atoms with E-state index in [1.807, 2.05) is 32.0 Å². The van der Waals surface area contributed by atoms with Crippen LogP contribution in [0.25, 0.3) is 16.8 Å². The first kappa shape index (κ1) is 10.9. The Morgan fingerprint density at radius 3 is 2.17 bits per heavy atom. The van der Waals surface area contributed by atoms with E-state index in [0.29, 0.717) is 5.56 Å². The van der Waals surface area contributed by atoms with E-state index in [1.165, 1.54) is 6.08 Å². The van der Waals surface area contributed by atoms with Crippen LogP contribution in [0.3, 0.4) is 0 Å². The summed E-state index contributed by atoms with van der Waals surface area (Å²) < 4.78 is 0. The van der Waals surface area contributed by atoms with Crippen molar-refractivity contribution in [3.63, 3.8) is 0 Å². The second-order valence-corrected chi connectivity index (χ2v) is 4.68. The monoisotopic (exact) mass is 236 g/mol. The van der Waals surface area contributed by atoms with Gasteiger partial charge < -0.3 is 0 Å². The van der Waals surface area contributed by atoms with Gasteiger partial charge in [0.2, 0.25) is 11.6 Å². The normalized spacial score (nSPS) is 14.1. The van der Waals surface area contributed by atoms with Crippen LogP contribution in [0.15, 0.2) is 30.3 Å². The Kier molecular flexibility index (Phi) is 2.20. The van der Waals surface area contributed by atoms with Gasteiger partial charge in [0.1, 0.15) is 0 Å². The molecule has 0 radical (unpaired) electrons. The minimum Gasteiger partial charge on any atom is -0.286 e. The minimum absolute atomic E-state index is 0.416. The molecule has 18 heavy (non-hydrogen) atoms. The Morgan fingerprint density at radius 2 is 1.44 bits per heavy atom. The molecule has 0 aliphatic heterocycles. The molecule has 3 rings (SSSR count). The van der Waals surface area contributed by atoms with Gasteiger partial charge in [-0.25, -0.2) is 0 Å². The summed E-state index contributed by atoms with van der Waals surface area (Å²) in [5, 5.41) is 1.99. The summed E-state index contributed by atoms with van der Waals surface area (Å²) in [6.45, 7) is 4.05. The van der Waals surface area contributed by atoms with E-state index in [-0.39, 0.29) is 0 Å². The highest BCUT2D eigenvalue weighted by atomic mass is 16.2. The Morgan fingerprint density at radius 1 is 0.778 bits per heavy atom. The highest BCUT2D eigenvalue weighted by Gasteiger charge is 2.21. The summed E-state index contributed by atoms with van der Waals surface area (Å²) in [6, 6.07) is 7.65. The van der Waals surface area contributed by atoms with E-state index in [0.717, 1.165) is 27.5 Å². The minimum atomic E-state index is -0.450. The first-order valence-electron chi connectivity index (χ1n) is 5.89. The molecule has 0 saturated heterocycles. The number of hydrogen-bond acceptors (Lipinski definition) is 2. The van der Waals surface area contributed by atoms with E-state index < -0.39 is 11.6 Å². The van der Waals surface area contributed by atoms with Crippen molar-refractivity contribution in [1.29, 1.82) is 0 Å². The Bertz CT molecular complexity index is 728. The van der Waals surface area contributed by atoms with Gasteiger partial charge in [-0.1, -0.05) is 24.3 Å². The van der Waals surface area contributed by atoms with Crippen LogP contribution < -0.4 is 0 Å². The van der Waals surface area contributed by atoms with Crippen molar-refractivity contribution in [1.82, 2.24) is 0 Å². The molecule has 2 heteroatoms. The molecule has 88 valence electrons. The lowest BCUT2D eigenvalue weighted by molar-refractivity contribution is -0.110. The summed E-state index contributed by atoms with van der Waals surface area (Å²) in [5.41, 5.74) is 3.71. The summed E-state index contributed by atoms with van der Waals surface area (Å²) in [7, 11) is 0. The number of carbonyl (C=O) groups excluding carboxylic acids is 2. The van der Waals surface area contributed by atoms with Gasteiger partial charge >= 0.3 is 0 Å². The van der Waals surface area contributed by atoms with Gasteiger partial charge in [0, 0.05) is 10.9 Å². The largest absolute Gasteiger partial charge is 0.286 e. The van der Waals surface area contributed by atoms with Crippen LogP contribution in [0.2, 0.25) is 0 Å². The number of rotatable bonds is 0. The van der Waals surface area contributed by atoms with Crippen molar-refractivity contribution in [2.75, 3.05) is 0 Å². The second kappa shape index (κ2) is 3.64. The predicted molar refractivity (Wildman–Crippen MR) is 71.8 cm³/mol. The third-order valence-electron chi connectivity index (χ3n) is 3.49. The number of allylic oxidation sites excluding steroid dienone is 1. The maximum Gasteiger partial charge on any atom is 0.233 e. The number of Topliss-reactive ketones (excluding diaryl/α,β-unsaturated/α-hetero) is 1. The molecule has 0 aromatic heterocycles. The fourth-order valence-electron chi connectivity index (χ4n) is 2.60.